The highest BCUT2D eigenvalue weighted by Gasteiger charge is 2.10. The van der Waals surface area contributed by atoms with Crippen molar-refractivity contribution < 1.29 is 9.90 Å². The lowest BCUT2D eigenvalue weighted by Gasteiger charge is -2.03. The molecule has 0 amide bonds. The van der Waals surface area contributed by atoms with Crippen molar-refractivity contribution in [3.05, 3.63) is 41.2 Å². The van der Waals surface area contributed by atoms with Crippen molar-refractivity contribution in [3.63, 3.8) is 0 Å². The van der Waals surface area contributed by atoms with Gasteiger partial charge in [0.2, 0.25) is 0 Å². The van der Waals surface area contributed by atoms with Crippen LogP contribution in [0.2, 0.25) is 0 Å². The van der Waals surface area contributed by atoms with Crippen molar-refractivity contribution in [1.82, 2.24) is 9.55 Å². The first kappa shape index (κ1) is 11.4. The standard InChI is InChI=1S/C13H14N2O2/c1-8-9(2)15(3)12(14-8)10-4-6-11(7-5-10)13(16)17/h4-7H,1-3H3,(H,16,17). The first-order valence-electron chi connectivity index (χ1n) is 5.34. The van der Waals surface area contributed by atoms with Gasteiger partial charge in [0, 0.05) is 18.3 Å². The van der Waals surface area contributed by atoms with Gasteiger partial charge in [-0.25, -0.2) is 9.78 Å². The van der Waals surface area contributed by atoms with Crippen molar-refractivity contribution in [1.29, 1.82) is 0 Å². The number of benzene rings is 1. The molecule has 0 unspecified atom stereocenters. The summed E-state index contributed by atoms with van der Waals surface area (Å²) in [5, 5.41) is 8.83. The van der Waals surface area contributed by atoms with E-state index in [1.165, 1.54) is 0 Å². The summed E-state index contributed by atoms with van der Waals surface area (Å²) in [6.07, 6.45) is 0. The van der Waals surface area contributed by atoms with Gasteiger partial charge in [0.05, 0.1) is 11.3 Å². The van der Waals surface area contributed by atoms with Crippen LogP contribution < -0.4 is 0 Å². The second kappa shape index (κ2) is 4.05. The minimum atomic E-state index is -0.913. The molecule has 88 valence electrons. The molecule has 1 aromatic carbocycles. The number of hydrogen-bond donors (Lipinski definition) is 1. The molecule has 0 aliphatic carbocycles. The summed E-state index contributed by atoms with van der Waals surface area (Å²) in [6.45, 7) is 3.97. The predicted molar refractivity (Wildman–Crippen MR) is 65.1 cm³/mol. The van der Waals surface area contributed by atoms with Crippen molar-refractivity contribution in [2.45, 2.75) is 13.8 Å². The van der Waals surface area contributed by atoms with Crippen molar-refractivity contribution in [2.24, 2.45) is 7.05 Å². The van der Waals surface area contributed by atoms with E-state index in [0.29, 0.717) is 0 Å². The fraction of sp³-hybridized carbons (Fsp3) is 0.231. The fourth-order valence-corrected chi connectivity index (χ4v) is 1.74. The van der Waals surface area contributed by atoms with E-state index in [2.05, 4.69) is 4.98 Å². The van der Waals surface area contributed by atoms with E-state index in [1.807, 2.05) is 25.5 Å². The first-order chi connectivity index (χ1) is 8.00. The Morgan fingerprint density at radius 2 is 1.82 bits per heavy atom. The number of carboxylic acids is 1. The smallest absolute Gasteiger partial charge is 0.335 e. The van der Waals surface area contributed by atoms with E-state index in [1.54, 1.807) is 24.3 Å². The average molecular weight is 230 g/mol. The number of aromatic nitrogens is 2. The van der Waals surface area contributed by atoms with Gasteiger partial charge < -0.3 is 9.67 Å². The lowest BCUT2D eigenvalue weighted by Crippen LogP contribution is -1.97. The molecule has 1 N–H and O–H groups in total. The van der Waals surface area contributed by atoms with Crippen LogP contribution in [0.15, 0.2) is 24.3 Å². The quantitative estimate of drug-likeness (QED) is 0.861. The molecule has 1 aromatic heterocycles. The average Bonchev–Trinajstić information content (AvgIpc) is 2.57. The second-order valence-corrected chi connectivity index (χ2v) is 4.05. The molecular weight excluding hydrogens is 216 g/mol. The van der Waals surface area contributed by atoms with E-state index < -0.39 is 5.97 Å². The zero-order valence-corrected chi connectivity index (χ0v) is 10.1. The monoisotopic (exact) mass is 230 g/mol. The molecule has 2 aromatic rings. The highest BCUT2D eigenvalue weighted by atomic mass is 16.4. The maximum atomic E-state index is 10.8. The number of carboxylic acid groups (broad SMARTS) is 1. The molecule has 2 rings (SSSR count). The minimum absolute atomic E-state index is 0.288. The number of hydrogen-bond acceptors (Lipinski definition) is 2. The second-order valence-electron chi connectivity index (χ2n) is 4.05. The molecule has 0 fully saturated rings. The third-order valence-corrected chi connectivity index (χ3v) is 3.01. The number of rotatable bonds is 2. The summed E-state index contributed by atoms with van der Waals surface area (Å²) in [7, 11) is 1.95. The van der Waals surface area contributed by atoms with Gasteiger partial charge >= 0.3 is 5.97 Å². The molecule has 4 nitrogen and oxygen atoms in total. The van der Waals surface area contributed by atoms with Gasteiger partial charge in [-0.15, -0.1) is 0 Å². The number of aryl methyl sites for hydroxylation is 1. The van der Waals surface area contributed by atoms with Crippen molar-refractivity contribution in [3.8, 4) is 11.4 Å². The first-order valence-corrected chi connectivity index (χ1v) is 5.34. The summed E-state index contributed by atoms with van der Waals surface area (Å²) in [6, 6.07) is 6.75. The molecule has 0 aliphatic rings. The summed E-state index contributed by atoms with van der Waals surface area (Å²) in [5.74, 6) is -0.0549. The third-order valence-electron chi connectivity index (χ3n) is 3.01. The van der Waals surface area contributed by atoms with E-state index in [9.17, 15) is 4.79 Å². The summed E-state index contributed by atoms with van der Waals surface area (Å²) in [4.78, 5) is 15.2. The van der Waals surface area contributed by atoms with Gasteiger partial charge in [-0.2, -0.15) is 0 Å². The van der Waals surface area contributed by atoms with Crippen molar-refractivity contribution in [2.75, 3.05) is 0 Å². The maximum Gasteiger partial charge on any atom is 0.335 e. The fourth-order valence-electron chi connectivity index (χ4n) is 1.74. The van der Waals surface area contributed by atoms with Gasteiger partial charge in [-0.3, -0.25) is 0 Å². The Morgan fingerprint density at radius 3 is 2.24 bits per heavy atom. The van der Waals surface area contributed by atoms with Crippen LogP contribution in [0.3, 0.4) is 0 Å². The van der Waals surface area contributed by atoms with Crippen LogP contribution in [0.4, 0.5) is 0 Å². The molecule has 0 aliphatic heterocycles. The van der Waals surface area contributed by atoms with E-state index in [-0.39, 0.29) is 5.56 Å². The molecular formula is C13H14N2O2. The highest BCUT2D eigenvalue weighted by Crippen LogP contribution is 2.21. The normalized spacial score (nSPS) is 10.5. The molecule has 0 radical (unpaired) electrons. The number of aromatic carboxylic acids is 1. The molecule has 0 bridgehead atoms. The van der Waals surface area contributed by atoms with E-state index in [4.69, 9.17) is 5.11 Å². The lowest BCUT2D eigenvalue weighted by atomic mass is 10.1. The molecule has 0 spiro atoms. The van der Waals surface area contributed by atoms with Crippen LogP contribution in [0.1, 0.15) is 21.7 Å². The third kappa shape index (κ3) is 1.93. The van der Waals surface area contributed by atoms with Gasteiger partial charge in [-0.05, 0) is 26.0 Å². The highest BCUT2D eigenvalue weighted by molar-refractivity contribution is 5.88. The van der Waals surface area contributed by atoms with Gasteiger partial charge in [0.25, 0.3) is 0 Å². The minimum Gasteiger partial charge on any atom is -0.478 e. The van der Waals surface area contributed by atoms with Crippen LogP contribution in [-0.4, -0.2) is 20.6 Å². The van der Waals surface area contributed by atoms with E-state index >= 15 is 0 Å². The van der Waals surface area contributed by atoms with Gasteiger partial charge in [0.15, 0.2) is 0 Å². The van der Waals surface area contributed by atoms with E-state index in [0.717, 1.165) is 22.8 Å². The van der Waals surface area contributed by atoms with Crippen LogP contribution in [0.5, 0.6) is 0 Å². The predicted octanol–water partition coefficient (Wildman–Crippen LogP) is 2.40. The molecule has 17 heavy (non-hydrogen) atoms. The Bertz CT molecular complexity index is 568. The lowest BCUT2D eigenvalue weighted by molar-refractivity contribution is 0.0697. The Balaban J connectivity index is 2.47. The topological polar surface area (TPSA) is 55.1 Å². The SMILES string of the molecule is Cc1nc(-c2ccc(C(=O)O)cc2)n(C)c1C. The number of nitrogens with zero attached hydrogens (tertiary/aromatic N) is 2. The summed E-state index contributed by atoms with van der Waals surface area (Å²) in [5.41, 5.74) is 3.32. The van der Waals surface area contributed by atoms with Crippen LogP contribution in [0, 0.1) is 13.8 Å². The largest absolute Gasteiger partial charge is 0.478 e. The molecule has 0 saturated heterocycles. The Morgan fingerprint density at radius 1 is 1.24 bits per heavy atom. The number of carbonyl (C=O) groups is 1. The summed E-state index contributed by atoms with van der Waals surface area (Å²) < 4.78 is 2.01. The van der Waals surface area contributed by atoms with Crippen LogP contribution in [0.25, 0.3) is 11.4 Å². The van der Waals surface area contributed by atoms with Gasteiger partial charge in [-0.1, -0.05) is 12.1 Å². The number of imidazole rings is 1. The van der Waals surface area contributed by atoms with Gasteiger partial charge in [0.1, 0.15) is 5.82 Å². The molecule has 4 heteroatoms. The molecule has 1 heterocycles. The Labute approximate surface area is 99.5 Å². The zero-order valence-electron chi connectivity index (χ0n) is 10.1. The van der Waals surface area contributed by atoms with Crippen molar-refractivity contribution >= 4 is 5.97 Å². The Kier molecular flexibility index (Phi) is 2.71. The van der Waals surface area contributed by atoms with Crippen LogP contribution >= 0.6 is 0 Å². The summed E-state index contributed by atoms with van der Waals surface area (Å²) >= 11 is 0. The molecule has 0 atom stereocenters. The Hall–Kier alpha value is -2.10. The van der Waals surface area contributed by atoms with Crippen LogP contribution in [-0.2, 0) is 7.05 Å². The molecule has 0 saturated carbocycles. The maximum absolute atomic E-state index is 10.8. The zero-order chi connectivity index (χ0) is 12.6.